The van der Waals surface area contributed by atoms with Gasteiger partial charge in [0.05, 0.1) is 17.6 Å². The Morgan fingerprint density at radius 1 is 1.00 bits per heavy atom. The van der Waals surface area contributed by atoms with E-state index in [1.807, 2.05) is 0 Å². The number of nitro groups is 1. The number of nitro benzene ring substituents is 1. The Hall–Kier alpha value is -4.11. The first-order valence-electron chi connectivity index (χ1n) is 9.14. The van der Waals surface area contributed by atoms with Crippen molar-refractivity contribution < 1.29 is 28.7 Å². The zero-order chi connectivity index (χ0) is 23.3. The van der Waals surface area contributed by atoms with Crippen LogP contribution in [0.5, 0.6) is 17.2 Å². The number of methoxy groups -OCH3 is 1. The number of hydrogen-bond donors (Lipinski definition) is 1. The third-order valence-corrected chi connectivity index (χ3v) is 4.55. The predicted molar refractivity (Wildman–Crippen MR) is 115 cm³/mol. The maximum atomic E-state index is 12.4. The van der Waals surface area contributed by atoms with Gasteiger partial charge < -0.3 is 19.9 Å². The van der Waals surface area contributed by atoms with Crippen LogP contribution in [0.15, 0.2) is 60.7 Å². The van der Waals surface area contributed by atoms with E-state index in [9.17, 15) is 19.7 Å². The fourth-order valence-corrected chi connectivity index (χ4v) is 2.93. The second-order valence-electron chi connectivity index (χ2n) is 6.48. The molecule has 0 heterocycles. The molecule has 0 radical (unpaired) electrons. The summed E-state index contributed by atoms with van der Waals surface area (Å²) in [5, 5.41) is 11.4. The molecule has 0 aliphatic heterocycles. The summed E-state index contributed by atoms with van der Waals surface area (Å²) < 4.78 is 16.2. The number of rotatable bonds is 8. The van der Waals surface area contributed by atoms with Crippen molar-refractivity contribution in [2.24, 2.45) is 5.73 Å². The highest BCUT2D eigenvalue weighted by Crippen LogP contribution is 2.38. The third-order valence-electron chi connectivity index (χ3n) is 4.32. The summed E-state index contributed by atoms with van der Waals surface area (Å²) in [6, 6.07) is 14.7. The molecule has 3 aromatic rings. The van der Waals surface area contributed by atoms with Gasteiger partial charge in [-0.2, -0.15) is 0 Å². The maximum absolute atomic E-state index is 12.4. The first-order valence-corrected chi connectivity index (χ1v) is 9.52. The minimum absolute atomic E-state index is 0.0395. The molecule has 10 heteroatoms. The Labute approximate surface area is 187 Å². The zero-order valence-corrected chi connectivity index (χ0v) is 17.5. The Bertz CT molecular complexity index is 1200. The number of amides is 1. The fourth-order valence-electron chi connectivity index (χ4n) is 2.76. The lowest BCUT2D eigenvalue weighted by atomic mass is 10.1. The number of nitrogens with two attached hydrogens (primary N) is 1. The van der Waals surface area contributed by atoms with Crippen LogP contribution in [0.4, 0.5) is 5.69 Å². The van der Waals surface area contributed by atoms with Crippen LogP contribution in [0.25, 0.3) is 0 Å². The van der Waals surface area contributed by atoms with E-state index in [0.29, 0.717) is 11.1 Å². The summed E-state index contributed by atoms with van der Waals surface area (Å²) in [6.07, 6.45) is 0. The van der Waals surface area contributed by atoms with Crippen molar-refractivity contribution >= 4 is 29.2 Å². The minimum atomic E-state index is -0.642. The van der Waals surface area contributed by atoms with Gasteiger partial charge in [0, 0.05) is 16.7 Å². The number of primary amides is 1. The van der Waals surface area contributed by atoms with Crippen molar-refractivity contribution in [3.05, 3.63) is 92.5 Å². The van der Waals surface area contributed by atoms with Crippen LogP contribution >= 0.6 is 11.6 Å². The zero-order valence-electron chi connectivity index (χ0n) is 16.7. The van der Waals surface area contributed by atoms with Crippen molar-refractivity contribution in [1.29, 1.82) is 0 Å². The van der Waals surface area contributed by atoms with E-state index < -0.39 is 16.8 Å². The van der Waals surface area contributed by atoms with Crippen LogP contribution < -0.4 is 15.2 Å². The Morgan fingerprint density at radius 3 is 2.44 bits per heavy atom. The Balaban J connectivity index is 1.76. The molecule has 0 aliphatic rings. The number of halogens is 1. The van der Waals surface area contributed by atoms with Gasteiger partial charge in [-0.1, -0.05) is 23.7 Å². The van der Waals surface area contributed by atoms with Crippen LogP contribution in [-0.4, -0.2) is 23.9 Å². The SMILES string of the molecule is COc1cc(C(=O)OCc2cccc(C(N)=O)c2)ccc1Oc1ccc(Cl)cc1[N+](=O)[O-]. The summed E-state index contributed by atoms with van der Waals surface area (Å²) >= 11 is 5.82. The molecule has 1 amide bonds. The van der Waals surface area contributed by atoms with Crippen molar-refractivity contribution in [3.8, 4) is 17.2 Å². The van der Waals surface area contributed by atoms with E-state index in [2.05, 4.69) is 0 Å². The largest absolute Gasteiger partial charge is 0.493 e. The summed E-state index contributed by atoms with van der Waals surface area (Å²) in [6.45, 7) is -0.0719. The highest BCUT2D eigenvalue weighted by atomic mass is 35.5. The highest BCUT2D eigenvalue weighted by molar-refractivity contribution is 6.30. The van der Waals surface area contributed by atoms with Gasteiger partial charge in [0.2, 0.25) is 11.7 Å². The standard InChI is InChI=1S/C22H17ClN2O7/c1-30-20-10-15(22(27)31-12-13-3-2-4-14(9-13)21(24)26)5-7-19(20)32-18-8-6-16(23)11-17(18)25(28)29/h2-11H,12H2,1H3,(H2,24,26). The molecular formula is C22H17ClN2O7. The molecule has 0 atom stereocenters. The lowest BCUT2D eigenvalue weighted by Crippen LogP contribution is -2.11. The Kier molecular flexibility index (Phi) is 6.91. The molecule has 0 unspecified atom stereocenters. The molecule has 0 fully saturated rings. The second kappa shape index (κ2) is 9.80. The van der Waals surface area contributed by atoms with E-state index >= 15 is 0 Å². The second-order valence-corrected chi connectivity index (χ2v) is 6.91. The van der Waals surface area contributed by atoms with Gasteiger partial charge in [0.1, 0.15) is 6.61 Å². The molecule has 3 rings (SSSR count). The average molecular weight is 457 g/mol. The monoisotopic (exact) mass is 456 g/mol. The van der Waals surface area contributed by atoms with Gasteiger partial charge in [-0.3, -0.25) is 14.9 Å². The van der Waals surface area contributed by atoms with E-state index in [1.165, 1.54) is 49.6 Å². The van der Waals surface area contributed by atoms with Gasteiger partial charge in [0.15, 0.2) is 11.5 Å². The molecule has 0 saturated carbocycles. The van der Waals surface area contributed by atoms with Gasteiger partial charge in [0.25, 0.3) is 0 Å². The number of carbonyl (C=O) groups is 2. The molecule has 0 spiro atoms. The van der Waals surface area contributed by atoms with Crippen molar-refractivity contribution in [2.75, 3.05) is 7.11 Å². The van der Waals surface area contributed by atoms with Crippen LogP contribution in [-0.2, 0) is 11.3 Å². The van der Waals surface area contributed by atoms with Crippen LogP contribution in [0.2, 0.25) is 5.02 Å². The average Bonchev–Trinajstić information content (AvgIpc) is 2.78. The number of ether oxygens (including phenoxy) is 3. The summed E-state index contributed by atoms with van der Waals surface area (Å²) in [4.78, 5) is 34.3. The van der Waals surface area contributed by atoms with Crippen LogP contribution in [0.1, 0.15) is 26.3 Å². The van der Waals surface area contributed by atoms with E-state index in [1.54, 1.807) is 18.2 Å². The fraction of sp³-hybridized carbons (Fsp3) is 0.0909. The molecule has 2 N–H and O–H groups in total. The molecule has 0 bridgehead atoms. The van der Waals surface area contributed by atoms with E-state index in [4.69, 9.17) is 31.5 Å². The quantitative estimate of drug-likeness (QED) is 0.299. The molecule has 9 nitrogen and oxygen atoms in total. The number of hydrogen-bond acceptors (Lipinski definition) is 7. The third kappa shape index (κ3) is 5.32. The predicted octanol–water partition coefficient (Wildman–Crippen LogP) is 4.51. The van der Waals surface area contributed by atoms with Gasteiger partial charge in [-0.15, -0.1) is 0 Å². The molecule has 0 saturated heterocycles. The van der Waals surface area contributed by atoms with E-state index in [-0.39, 0.29) is 40.1 Å². The number of benzene rings is 3. The maximum Gasteiger partial charge on any atom is 0.338 e. The van der Waals surface area contributed by atoms with Gasteiger partial charge in [-0.25, -0.2) is 4.79 Å². The lowest BCUT2D eigenvalue weighted by Gasteiger charge is -2.12. The molecular weight excluding hydrogens is 440 g/mol. The first kappa shape index (κ1) is 22.6. The number of esters is 1. The smallest absolute Gasteiger partial charge is 0.338 e. The topological polar surface area (TPSA) is 131 Å². The van der Waals surface area contributed by atoms with Gasteiger partial charge >= 0.3 is 11.7 Å². The van der Waals surface area contributed by atoms with Crippen LogP contribution in [0, 0.1) is 10.1 Å². The molecule has 164 valence electrons. The minimum Gasteiger partial charge on any atom is -0.493 e. The molecule has 3 aromatic carbocycles. The Morgan fingerprint density at radius 2 is 1.75 bits per heavy atom. The normalized spacial score (nSPS) is 10.3. The van der Waals surface area contributed by atoms with Gasteiger partial charge in [-0.05, 0) is 48.0 Å². The highest BCUT2D eigenvalue weighted by Gasteiger charge is 2.19. The van der Waals surface area contributed by atoms with Crippen molar-refractivity contribution in [1.82, 2.24) is 0 Å². The van der Waals surface area contributed by atoms with E-state index in [0.717, 1.165) is 0 Å². The number of carbonyl (C=O) groups excluding carboxylic acids is 2. The van der Waals surface area contributed by atoms with Crippen LogP contribution in [0.3, 0.4) is 0 Å². The number of nitrogens with zero attached hydrogens (tertiary/aromatic N) is 1. The first-order chi connectivity index (χ1) is 15.3. The van der Waals surface area contributed by atoms with Crippen molar-refractivity contribution in [3.63, 3.8) is 0 Å². The van der Waals surface area contributed by atoms with Crippen molar-refractivity contribution in [2.45, 2.75) is 6.61 Å². The molecule has 0 aromatic heterocycles. The summed E-state index contributed by atoms with van der Waals surface area (Å²) in [5.74, 6) is -0.943. The lowest BCUT2D eigenvalue weighted by molar-refractivity contribution is -0.385. The molecule has 32 heavy (non-hydrogen) atoms. The molecule has 0 aliphatic carbocycles. The summed E-state index contributed by atoms with van der Waals surface area (Å²) in [5.41, 5.74) is 6.00. The summed E-state index contributed by atoms with van der Waals surface area (Å²) in [7, 11) is 1.36.